The quantitative estimate of drug-likeness (QED) is 0.663. The maximum Gasteiger partial charge on any atom is 0.224 e. The number of hydrogen-bond donors (Lipinski definition) is 2. The highest BCUT2D eigenvalue weighted by Gasteiger charge is 2.11. The van der Waals surface area contributed by atoms with E-state index in [-0.39, 0.29) is 24.8 Å². The van der Waals surface area contributed by atoms with Gasteiger partial charge in [0.2, 0.25) is 5.91 Å². The third kappa shape index (κ3) is 2.82. The summed E-state index contributed by atoms with van der Waals surface area (Å²) in [7, 11) is 0. The van der Waals surface area contributed by atoms with Crippen LogP contribution in [0.2, 0.25) is 0 Å². The van der Waals surface area contributed by atoms with Crippen LogP contribution >= 0.6 is 0 Å². The summed E-state index contributed by atoms with van der Waals surface area (Å²) in [5, 5.41) is 23.8. The highest BCUT2D eigenvalue weighted by atomic mass is 16.1. The number of aromatic amines is 1. The minimum Gasteiger partial charge on any atom is -0.348 e. The van der Waals surface area contributed by atoms with Crippen molar-refractivity contribution >= 4 is 5.91 Å². The van der Waals surface area contributed by atoms with Crippen LogP contribution < -0.4 is 5.32 Å². The van der Waals surface area contributed by atoms with E-state index < -0.39 is 0 Å². The lowest BCUT2D eigenvalue weighted by atomic mass is 10.1. The number of hydrogen-bond acceptors (Lipinski definition) is 5. The lowest BCUT2D eigenvalue weighted by molar-refractivity contribution is -0.124. The number of aromatic nitrogens is 4. The molecule has 7 heteroatoms. The Bertz CT molecular complexity index is 326. The standard InChI is InChI=1S/C7H10N6O/c1-5(2-3-8)7(14)9-4-6-10-12-13-11-6/h5H,2,4H2,1H3,(H,9,14)(H,10,11,12,13)/t5-/m0/s1. The van der Waals surface area contributed by atoms with E-state index in [4.69, 9.17) is 5.26 Å². The summed E-state index contributed by atoms with van der Waals surface area (Å²) in [5.74, 6) is 0.00124. The van der Waals surface area contributed by atoms with Crippen molar-refractivity contribution in [3.05, 3.63) is 5.82 Å². The van der Waals surface area contributed by atoms with Gasteiger partial charge in [-0.3, -0.25) is 4.79 Å². The Hall–Kier alpha value is -1.97. The van der Waals surface area contributed by atoms with Gasteiger partial charge in [-0.05, 0) is 10.4 Å². The van der Waals surface area contributed by atoms with Gasteiger partial charge in [-0.25, -0.2) is 5.10 Å². The number of rotatable bonds is 4. The Kier molecular flexibility index (Phi) is 3.55. The van der Waals surface area contributed by atoms with Gasteiger partial charge in [0.05, 0.1) is 12.6 Å². The van der Waals surface area contributed by atoms with Gasteiger partial charge in [0.15, 0.2) is 5.82 Å². The minimum absolute atomic E-state index is 0.178. The van der Waals surface area contributed by atoms with Crippen LogP contribution in [-0.2, 0) is 11.3 Å². The summed E-state index contributed by atoms with van der Waals surface area (Å²) < 4.78 is 0. The Labute approximate surface area is 80.5 Å². The SMILES string of the molecule is C[C@@H](CC#N)C(=O)NCc1nnn[nH]1. The first-order chi connectivity index (χ1) is 6.74. The number of nitrogens with one attached hydrogen (secondary N) is 2. The zero-order valence-corrected chi connectivity index (χ0v) is 7.69. The van der Waals surface area contributed by atoms with Crippen LogP contribution in [0, 0.1) is 17.2 Å². The Balaban J connectivity index is 2.32. The van der Waals surface area contributed by atoms with Gasteiger partial charge >= 0.3 is 0 Å². The van der Waals surface area contributed by atoms with Crippen molar-refractivity contribution in [1.29, 1.82) is 5.26 Å². The maximum absolute atomic E-state index is 11.3. The average Bonchev–Trinajstić information content (AvgIpc) is 2.67. The first-order valence-corrected chi connectivity index (χ1v) is 4.11. The summed E-state index contributed by atoms with van der Waals surface area (Å²) in [6.45, 7) is 1.94. The Morgan fingerprint density at radius 2 is 2.57 bits per heavy atom. The predicted molar refractivity (Wildman–Crippen MR) is 45.4 cm³/mol. The van der Waals surface area contributed by atoms with Crippen molar-refractivity contribution in [1.82, 2.24) is 25.9 Å². The van der Waals surface area contributed by atoms with Gasteiger partial charge in [0.1, 0.15) is 0 Å². The van der Waals surface area contributed by atoms with Gasteiger partial charge in [0, 0.05) is 12.3 Å². The third-order valence-corrected chi connectivity index (χ3v) is 1.66. The maximum atomic E-state index is 11.3. The lowest BCUT2D eigenvalue weighted by Gasteiger charge is -2.06. The number of tetrazole rings is 1. The summed E-state index contributed by atoms with van der Waals surface area (Å²) in [4.78, 5) is 11.3. The monoisotopic (exact) mass is 194 g/mol. The molecule has 0 radical (unpaired) electrons. The largest absolute Gasteiger partial charge is 0.348 e. The number of carbonyl (C=O) groups is 1. The van der Waals surface area contributed by atoms with Crippen molar-refractivity contribution < 1.29 is 4.79 Å². The lowest BCUT2D eigenvalue weighted by Crippen LogP contribution is -2.28. The van der Waals surface area contributed by atoms with E-state index in [1.165, 1.54) is 0 Å². The van der Waals surface area contributed by atoms with Gasteiger partial charge < -0.3 is 5.32 Å². The van der Waals surface area contributed by atoms with Crippen LogP contribution in [0.3, 0.4) is 0 Å². The number of nitriles is 1. The number of carbonyl (C=O) groups excluding carboxylic acids is 1. The molecular formula is C7H10N6O. The second kappa shape index (κ2) is 4.91. The summed E-state index contributed by atoms with van der Waals surface area (Å²) >= 11 is 0. The first kappa shape index (κ1) is 10.1. The molecular weight excluding hydrogens is 184 g/mol. The van der Waals surface area contributed by atoms with Gasteiger partial charge in [-0.1, -0.05) is 6.92 Å². The molecule has 0 aliphatic heterocycles. The predicted octanol–water partition coefficient (Wildman–Crippen LogP) is -0.634. The molecule has 0 bridgehead atoms. The van der Waals surface area contributed by atoms with Crippen molar-refractivity contribution in [2.45, 2.75) is 19.9 Å². The molecule has 1 atom stereocenters. The summed E-state index contributed by atoms with van der Waals surface area (Å²) in [5.41, 5.74) is 0. The minimum atomic E-state index is -0.309. The van der Waals surface area contributed by atoms with Crippen LogP contribution in [0.4, 0.5) is 0 Å². The molecule has 1 amide bonds. The molecule has 0 fully saturated rings. The highest BCUT2D eigenvalue weighted by Crippen LogP contribution is 1.99. The van der Waals surface area contributed by atoms with Crippen molar-refractivity contribution in [3.63, 3.8) is 0 Å². The van der Waals surface area contributed by atoms with Crippen molar-refractivity contribution in [2.75, 3.05) is 0 Å². The fraction of sp³-hybridized carbons (Fsp3) is 0.571. The van der Waals surface area contributed by atoms with Crippen molar-refractivity contribution in [2.24, 2.45) is 5.92 Å². The van der Waals surface area contributed by atoms with E-state index in [9.17, 15) is 4.79 Å². The van der Waals surface area contributed by atoms with Crippen LogP contribution in [0.5, 0.6) is 0 Å². The molecule has 0 unspecified atom stereocenters. The smallest absolute Gasteiger partial charge is 0.224 e. The average molecular weight is 194 g/mol. The molecule has 0 saturated heterocycles. The third-order valence-electron chi connectivity index (χ3n) is 1.66. The molecule has 7 nitrogen and oxygen atoms in total. The number of nitrogens with zero attached hydrogens (tertiary/aromatic N) is 4. The molecule has 1 aromatic rings. The molecule has 1 rings (SSSR count). The highest BCUT2D eigenvalue weighted by molar-refractivity contribution is 5.78. The van der Waals surface area contributed by atoms with Crippen molar-refractivity contribution in [3.8, 4) is 6.07 Å². The van der Waals surface area contributed by atoms with Crippen LogP contribution in [0.1, 0.15) is 19.2 Å². The van der Waals surface area contributed by atoms with E-state index in [0.29, 0.717) is 5.82 Å². The summed E-state index contributed by atoms with van der Waals surface area (Å²) in [6.07, 6.45) is 0.209. The van der Waals surface area contributed by atoms with E-state index >= 15 is 0 Å². The van der Waals surface area contributed by atoms with Crippen LogP contribution in [0.15, 0.2) is 0 Å². The molecule has 0 aromatic carbocycles. The Morgan fingerprint density at radius 1 is 1.79 bits per heavy atom. The molecule has 14 heavy (non-hydrogen) atoms. The second-order valence-corrected chi connectivity index (χ2v) is 2.83. The summed E-state index contributed by atoms with van der Waals surface area (Å²) in [6, 6.07) is 1.93. The molecule has 2 N–H and O–H groups in total. The van der Waals surface area contributed by atoms with E-state index in [0.717, 1.165) is 0 Å². The second-order valence-electron chi connectivity index (χ2n) is 2.83. The molecule has 0 aliphatic rings. The molecule has 0 saturated carbocycles. The van der Waals surface area contributed by atoms with E-state index in [1.807, 2.05) is 6.07 Å². The van der Waals surface area contributed by atoms with E-state index in [2.05, 4.69) is 25.9 Å². The van der Waals surface area contributed by atoms with Crippen LogP contribution in [-0.4, -0.2) is 26.5 Å². The molecule has 1 heterocycles. The zero-order chi connectivity index (χ0) is 10.4. The van der Waals surface area contributed by atoms with Gasteiger partial charge in [-0.15, -0.1) is 5.10 Å². The molecule has 0 aliphatic carbocycles. The fourth-order valence-electron chi connectivity index (χ4n) is 0.828. The normalized spacial score (nSPS) is 11.7. The molecule has 74 valence electrons. The molecule has 0 spiro atoms. The van der Waals surface area contributed by atoms with E-state index in [1.54, 1.807) is 6.92 Å². The Morgan fingerprint density at radius 3 is 3.14 bits per heavy atom. The van der Waals surface area contributed by atoms with Gasteiger partial charge in [-0.2, -0.15) is 5.26 Å². The topological polar surface area (TPSA) is 107 Å². The fourth-order valence-corrected chi connectivity index (χ4v) is 0.828. The number of amides is 1. The first-order valence-electron chi connectivity index (χ1n) is 4.11. The van der Waals surface area contributed by atoms with Crippen LogP contribution in [0.25, 0.3) is 0 Å². The number of H-pyrrole nitrogens is 1. The molecule has 1 aromatic heterocycles. The van der Waals surface area contributed by atoms with Gasteiger partial charge in [0.25, 0.3) is 0 Å². The zero-order valence-electron chi connectivity index (χ0n) is 7.69.